The lowest BCUT2D eigenvalue weighted by Gasteiger charge is -2.45. The Bertz CT molecular complexity index is 956. The van der Waals surface area contributed by atoms with Crippen LogP contribution in [0.5, 0.6) is 0 Å². The van der Waals surface area contributed by atoms with Crippen LogP contribution in [0.4, 0.5) is 0 Å². The van der Waals surface area contributed by atoms with E-state index < -0.39 is 10.0 Å². The highest BCUT2D eigenvalue weighted by Gasteiger charge is 2.47. The first-order chi connectivity index (χ1) is 13.5. The zero-order valence-electron chi connectivity index (χ0n) is 19.7. The zero-order chi connectivity index (χ0) is 22.7. The monoisotopic (exact) mass is 436 g/mol. The first kappa shape index (κ1) is 23.0. The predicted molar refractivity (Wildman–Crippen MR) is 119 cm³/mol. The average molecular weight is 437 g/mol. The Balaban J connectivity index is 2.07. The van der Waals surface area contributed by atoms with Gasteiger partial charge in [-0.2, -0.15) is 0 Å². The molecule has 1 aromatic rings. The lowest BCUT2D eigenvalue weighted by molar-refractivity contribution is 0.285. The standard InChI is InChI=1S/C22H36N4O3S/c1-20(2,3)16-15-12-14(25-30(27,28)19-23-10-11-29-19)13-26(15)18(22(7,8)9)24-17(16)21(4,5)6/h10-11,14,17,25H,12-13H2,1-9H3. The summed E-state index contributed by atoms with van der Waals surface area (Å²) < 4.78 is 33.2. The van der Waals surface area contributed by atoms with Crippen molar-refractivity contribution in [2.75, 3.05) is 6.54 Å². The Morgan fingerprint density at radius 1 is 1.07 bits per heavy atom. The molecular weight excluding hydrogens is 400 g/mol. The third-order valence-corrected chi connectivity index (χ3v) is 6.83. The van der Waals surface area contributed by atoms with Crippen LogP contribution in [0.15, 0.2) is 38.4 Å². The van der Waals surface area contributed by atoms with Gasteiger partial charge in [0.1, 0.15) is 12.1 Å². The number of amidine groups is 1. The van der Waals surface area contributed by atoms with Crippen molar-refractivity contribution in [2.45, 2.75) is 86.0 Å². The summed E-state index contributed by atoms with van der Waals surface area (Å²) in [6, 6.07) is -0.236. The van der Waals surface area contributed by atoms with Crippen molar-refractivity contribution in [3.8, 4) is 0 Å². The maximum atomic E-state index is 12.7. The maximum Gasteiger partial charge on any atom is 0.330 e. The molecule has 1 saturated heterocycles. The molecule has 2 aliphatic rings. The van der Waals surface area contributed by atoms with Crippen LogP contribution in [0.1, 0.15) is 68.7 Å². The van der Waals surface area contributed by atoms with Gasteiger partial charge in [0.15, 0.2) is 0 Å². The number of oxazole rings is 1. The highest BCUT2D eigenvalue weighted by molar-refractivity contribution is 7.89. The van der Waals surface area contributed by atoms with Crippen LogP contribution in [0.25, 0.3) is 0 Å². The largest absolute Gasteiger partial charge is 0.436 e. The highest BCUT2D eigenvalue weighted by atomic mass is 32.2. The van der Waals surface area contributed by atoms with Gasteiger partial charge in [-0.25, -0.2) is 18.1 Å². The molecule has 1 N–H and O–H groups in total. The first-order valence-electron chi connectivity index (χ1n) is 10.5. The van der Waals surface area contributed by atoms with Crippen molar-refractivity contribution in [3.05, 3.63) is 23.7 Å². The SMILES string of the molecule is CC(C)(C)C1=NC(C(C)(C)C)C(C(C)(C)C)=C2CC(NS(=O)(=O)c3ncco3)CN12. The molecule has 2 aliphatic heterocycles. The number of hydrogen-bond acceptors (Lipinski definition) is 6. The van der Waals surface area contributed by atoms with Gasteiger partial charge in [0.05, 0.1) is 12.2 Å². The molecule has 1 aromatic heterocycles. The molecule has 168 valence electrons. The lowest BCUT2D eigenvalue weighted by Crippen LogP contribution is -2.47. The van der Waals surface area contributed by atoms with Crippen LogP contribution in [-0.4, -0.2) is 42.8 Å². The third-order valence-electron chi connectivity index (χ3n) is 5.52. The minimum atomic E-state index is -3.81. The molecule has 3 heterocycles. The fourth-order valence-corrected chi connectivity index (χ4v) is 5.46. The summed E-state index contributed by atoms with van der Waals surface area (Å²) in [6.45, 7) is 20.3. The second kappa shape index (κ2) is 7.19. The van der Waals surface area contributed by atoms with E-state index in [4.69, 9.17) is 9.41 Å². The quantitative estimate of drug-likeness (QED) is 0.767. The van der Waals surface area contributed by atoms with Gasteiger partial charge in [-0.15, -0.1) is 0 Å². The summed E-state index contributed by atoms with van der Waals surface area (Å²) in [7, 11) is -3.81. The summed E-state index contributed by atoms with van der Waals surface area (Å²) in [5, 5.41) is -0.297. The molecule has 8 heteroatoms. The molecule has 0 radical (unpaired) electrons. The zero-order valence-corrected chi connectivity index (χ0v) is 20.5. The van der Waals surface area contributed by atoms with Gasteiger partial charge in [-0.3, -0.25) is 4.99 Å². The smallest absolute Gasteiger partial charge is 0.330 e. The summed E-state index contributed by atoms with van der Waals surface area (Å²) >= 11 is 0. The van der Waals surface area contributed by atoms with Gasteiger partial charge >= 0.3 is 5.22 Å². The Morgan fingerprint density at radius 3 is 2.17 bits per heavy atom. The van der Waals surface area contributed by atoms with E-state index in [1.54, 1.807) is 0 Å². The number of sulfonamides is 1. The Hall–Kier alpha value is -1.67. The molecule has 0 saturated carbocycles. The van der Waals surface area contributed by atoms with E-state index in [0.29, 0.717) is 13.0 Å². The van der Waals surface area contributed by atoms with Gasteiger partial charge in [0, 0.05) is 30.1 Å². The summed E-state index contributed by atoms with van der Waals surface area (Å²) in [4.78, 5) is 11.3. The number of rotatable bonds is 3. The van der Waals surface area contributed by atoms with Crippen molar-refractivity contribution in [1.82, 2.24) is 14.6 Å². The lowest BCUT2D eigenvalue weighted by atomic mass is 9.70. The van der Waals surface area contributed by atoms with E-state index >= 15 is 0 Å². The number of aliphatic imine (C=N–C) groups is 1. The second-order valence-electron chi connectivity index (χ2n) is 11.5. The van der Waals surface area contributed by atoms with E-state index in [1.807, 2.05) is 0 Å². The van der Waals surface area contributed by atoms with E-state index in [1.165, 1.54) is 23.7 Å². The number of nitrogens with zero attached hydrogens (tertiary/aromatic N) is 3. The fourth-order valence-electron chi connectivity index (χ4n) is 4.38. The molecule has 2 unspecified atom stereocenters. The molecule has 0 amide bonds. The van der Waals surface area contributed by atoms with E-state index in [0.717, 1.165) is 5.84 Å². The van der Waals surface area contributed by atoms with Crippen LogP contribution in [0, 0.1) is 16.2 Å². The van der Waals surface area contributed by atoms with Crippen LogP contribution >= 0.6 is 0 Å². The number of nitrogens with one attached hydrogen (secondary N) is 1. The van der Waals surface area contributed by atoms with E-state index in [-0.39, 0.29) is 33.6 Å². The molecule has 1 fully saturated rings. The Morgan fingerprint density at radius 2 is 1.70 bits per heavy atom. The number of aromatic nitrogens is 1. The average Bonchev–Trinajstić information content (AvgIpc) is 3.19. The molecule has 0 bridgehead atoms. The molecule has 3 rings (SSSR count). The molecule has 0 aliphatic carbocycles. The molecule has 7 nitrogen and oxygen atoms in total. The Kier molecular flexibility index (Phi) is 5.51. The second-order valence-corrected chi connectivity index (χ2v) is 13.1. The van der Waals surface area contributed by atoms with Crippen molar-refractivity contribution < 1.29 is 12.8 Å². The summed E-state index contributed by atoms with van der Waals surface area (Å²) in [5.74, 6) is 1.02. The van der Waals surface area contributed by atoms with Crippen LogP contribution in [0.2, 0.25) is 0 Å². The maximum absolute atomic E-state index is 12.7. The Labute approximate surface area is 181 Å². The minimum absolute atomic E-state index is 0.0417. The van der Waals surface area contributed by atoms with Crippen LogP contribution < -0.4 is 4.72 Å². The number of hydrogen-bond donors (Lipinski definition) is 1. The molecule has 2 atom stereocenters. The van der Waals surface area contributed by atoms with Crippen molar-refractivity contribution in [1.29, 1.82) is 0 Å². The first-order valence-corrected chi connectivity index (χ1v) is 12.0. The van der Waals surface area contributed by atoms with Crippen molar-refractivity contribution in [3.63, 3.8) is 0 Å². The molecule has 30 heavy (non-hydrogen) atoms. The molecule has 0 spiro atoms. The third kappa shape index (κ3) is 4.35. The number of fused-ring (bicyclic) bond motifs is 1. The highest BCUT2D eigenvalue weighted by Crippen LogP contribution is 2.47. The van der Waals surface area contributed by atoms with Gasteiger partial charge in [0.2, 0.25) is 0 Å². The predicted octanol–water partition coefficient (Wildman–Crippen LogP) is 4.20. The normalized spacial score (nSPS) is 23.6. The van der Waals surface area contributed by atoms with Gasteiger partial charge in [0.25, 0.3) is 10.0 Å². The minimum Gasteiger partial charge on any atom is -0.436 e. The topological polar surface area (TPSA) is 87.8 Å². The molecule has 0 aromatic carbocycles. The molecular formula is C22H36N4O3S. The fraction of sp³-hybridized carbons (Fsp3) is 0.727. The van der Waals surface area contributed by atoms with Gasteiger partial charge in [-0.05, 0) is 16.4 Å². The van der Waals surface area contributed by atoms with Crippen molar-refractivity contribution >= 4 is 15.9 Å². The van der Waals surface area contributed by atoms with E-state index in [2.05, 4.69) is 76.9 Å². The van der Waals surface area contributed by atoms with Crippen molar-refractivity contribution in [2.24, 2.45) is 21.2 Å². The van der Waals surface area contributed by atoms with Gasteiger partial charge < -0.3 is 9.32 Å². The van der Waals surface area contributed by atoms with E-state index in [9.17, 15) is 8.42 Å². The van der Waals surface area contributed by atoms with Crippen LogP contribution in [-0.2, 0) is 10.0 Å². The summed E-state index contributed by atoms with van der Waals surface area (Å²) in [5.41, 5.74) is 2.19. The van der Waals surface area contributed by atoms with Crippen LogP contribution in [0.3, 0.4) is 0 Å². The summed E-state index contributed by atoms with van der Waals surface area (Å²) in [6.07, 6.45) is 3.23. The van der Waals surface area contributed by atoms with Gasteiger partial charge in [-0.1, -0.05) is 62.3 Å².